The molecule has 1 unspecified atom stereocenters. The zero-order valence-electron chi connectivity index (χ0n) is 15.6. The molecule has 8 heteroatoms. The van der Waals surface area contributed by atoms with Crippen molar-refractivity contribution in [2.24, 2.45) is 5.92 Å². The van der Waals surface area contributed by atoms with Crippen LogP contribution in [0.1, 0.15) is 40.0 Å². The minimum atomic E-state index is -3.86. The van der Waals surface area contributed by atoms with Gasteiger partial charge in [-0.25, -0.2) is 8.42 Å². The van der Waals surface area contributed by atoms with Crippen molar-refractivity contribution >= 4 is 15.9 Å². The van der Waals surface area contributed by atoms with E-state index in [1.807, 2.05) is 13.8 Å². The predicted molar refractivity (Wildman–Crippen MR) is 98.9 cm³/mol. The molecule has 2 rings (SSSR count). The van der Waals surface area contributed by atoms with Crippen molar-refractivity contribution < 1.29 is 22.7 Å². The van der Waals surface area contributed by atoms with Crippen molar-refractivity contribution in [3.8, 4) is 11.5 Å². The molecule has 0 fully saturated rings. The molecule has 2 N–H and O–H groups in total. The van der Waals surface area contributed by atoms with Gasteiger partial charge in [0, 0.05) is 12.6 Å². The lowest BCUT2D eigenvalue weighted by atomic mass is 10.1. The van der Waals surface area contributed by atoms with E-state index >= 15 is 0 Å². The molecule has 1 aliphatic heterocycles. The SMILES string of the molecule is CCCCCNC(=O)C(NS(=O)(=O)c1ccc2c(c1)OCCO2)C(C)C. The molecule has 146 valence electrons. The number of nitrogens with one attached hydrogen (secondary N) is 2. The highest BCUT2D eigenvalue weighted by Crippen LogP contribution is 2.32. The highest BCUT2D eigenvalue weighted by molar-refractivity contribution is 7.89. The van der Waals surface area contributed by atoms with E-state index in [9.17, 15) is 13.2 Å². The molecule has 0 radical (unpaired) electrons. The maximum absolute atomic E-state index is 12.7. The van der Waals surface area contributed by atoms with Crippen molar-refractivity contribution in [2.45, 2.75) is 51.0 Å². The van der Waals surface area contributed by atoms with Gasteiger partial charge in [0.25, 0.3) is 0 Å². The lowest BCUT2D eigenvalue weighted by Crippen LogP contribution is -2.49. The number of sulfonamides is 1. The van der Waals surface area contributed by atoms with Crippen LogP contribution in [-0.4, -0.2) is 40.1 Å². The number of fused-ring (bicyclic) bond motifs is 1. The van der Waals surface area contributed by atoms with Crippen molar-refractivity contribution in [1.82, 2.24) is 10.0 Å². The lowest BCUT2D eigenvalue weighted by Gasteiger charge is -2.23. The standard InChI is InChI=1S/C18H28N2O5S/c1-4-5-6-9-19-18(21)17(13(2)3)20-26(22,23)14-7-8-15-16(12-14)25-11-10-24-15/h7-8,12-13,17,20H,4-6,9-11H2,1-3H3,(H,19,21). The third kappa shape index (κ3) is 5.35. The van der Waals surface area contributed by atoms with Gasteiger partial charge in [0.1, 0.15) is 19.3 Å². The summed E-state index contributed by atoms with van der Waals surface area (Å²) in [6.45, 7) is 7.05. The molecule has 1 atom stereocenters. The topological polar surface area (TPSA) is 93.7 Å². The van der Waals surface area contributed by atoms with Crippen LogP contribution in [0.4, 0.5) is 0 Å². The Labute approximate surface area is 155 Å². The first-order valence-electron chi connectivity index (χ1n) is 9.05. The summed E-state index contributed by atoms with van der Waals surface area (Å²) in [5.74, 6) is 0.416. The Hall–Kier alpha value is -1.80. The van der Waals surface area contributed by atoms with Crippen LogP contribution >= 0.6 is 0 Å². The van der Waals surface area contributed by atoms with Crippen molar-refractivity contribution in [3.63, 3.8) is 0 Å². The molecular formula is C18H28N2O5S. The summed E-state index contributed by atoms with van der Waals surface area (Å²) >= 11 is 0. The minimum Gasteiger partial charge on any atom is -0.486 e. The smallest absolute Gasteiger partial charge is 0.241 e. The zero-order valence-corrected chi connectivity index (χ0v) is 16.4. The zero-order chi connectivity index (χ0) is 19.2. The minimum absolute atomic E-state index is 0.0474. The number of rotatable bonds is 9. The van der Waals surface area contributed by atoms with Gasteiger partial charge in [-0.2, -0.15) is 4.72 Å². The fourth-order valence-corrected chi connectivity index (χ4v) is 3.97. The molecule has 1 heterocycles. The van der Waals surface area contributed by atoms with E-state index in [0.29, 0.717) is 31.3 Å². The van der Waals surface area contributed by atoms with E-state index in [1.54, 1.807) is 6.07 Å². The summed E-state index contributed by atoms with van der Waals surface area (Å²) in [6, 6.07) is 3.60. The maximum atomic E-state index is 12.7. The number of amides is 1. The van der Waals surface area contributed by atoms with Gasteiger partial charge in [0.2, 0.25) is 15.9 Å². The average molecular weight is 384 g/mol. The number of ether oxygens (including phenoxy) is 2. The van der Waals surface area contributed by atoms with E-state index in [-0.39, 0.29) is 16.7 Å². The Morgan fingerprint density at radius 2 is 1.85 bits per heavy atom. The Bertz CT molecular complexity index is 718. The molecule has 0 aliphatic carbocycles. The number of benzene rings is 1. The van der Waals surface area contributed by atoms with Gasteiger partial charge in [0.15, 0.2) is 11.5 Å². The van der Waals surface area contributed by atoms with E-state index in [4.69, 9.17) is 9.47 Å². The first kappa shape index (κ1) is 20.5. The molecule has 26 heavy (non-hydrogen) atoms. The molecule has 1 amide bonds. The van der Waals surface area contributed by atoms with Crippen LogP contribution in [0.5, 0.6) is 11.5 Å². The number of hydrogen-bond acceptors (Lipinski definition) is 5. The van der Waals surface area contributed by atoms with E-state index in [2.05, 4.69) is 17.0 Å². The van der Waals surface area contributed by atoms with E-state index in [1.165, 1.54) is 12.1 Å². The molecule has 0 bridgehead atoms. The van der Waals surface area contributed by atoms with Crippen molar-refractivity contribution in [1.29, 1.82) is 0 Å². The largest absolute Gasteiger partial charge is 0.486 e. The predicted octanol–water partition coefficient (Wildman–Crippen LogP) is 2.07. The van der Waals surface area contributed by atoms with E-state index in [0.717, 1.165) is 19.3 Å². The normalized spacial score (nSPS) is 14.9. The van der Waals surface area contributed by atoms with Gasteiger partial charge in [-0.15, -0.1) is 0 Å². The number of carbonyl (C=O) groups excluding carboxylic acids is 1. The third-order valence-corrected chi connectivity index (χ3v) is 5.57. The quantitative estimate of drug-likeness (QED) is 0.636. The maximum Gasteiger partial charge on any atom is 0.241 e. The van der Waals surface area contributed by atoms with Gasteiger partial charge >= 0.3 is 0 Å². The van der Waals surface area contributed by atoms with Crippen LogP contribution in [0.25, 0.3) is 0 Å². The first-order valence-corrected chi connectivity index (χ1v) is 10.5. The fraction of sp³-hybridized carbons (Fsp3) is 0.611. The van der Waals surface area contributed by atoms with E-state index < -0.39 is 16.1 Å². The second-order valence-corrected chi connectivity index (χ2v) is 8.36. The van der Waals surface area contributed by atoms with Crippen LogP contribution < -0.4 is 19.5 Å². The Kier molecular flexibility index (Phi) is 7.28. The van der Waals surface area contributed by atoms with Gasteiger partial charge in [-0.1, -0.05) is 33.6 Å². The van der Waals surface area contributed by atoms with Crippen LogP contribution in [0.15, 0.2) is 23.1 Å². The highest BCUT2D eigenvalue weighted by Gasteiger charge is 2.29. The molecular weight excluding hydrogens is 356 g/mol. The first-order chi connectivity index (χ1) is 12.3. The van der Waals surface area contributed by atoms with Crippen LogP contribution in [0.2, 0.25) is 0 Å². The summed E-state index contributed by atoms with van der Waals surface area (Å²) in [5, 5.41) is 2.81. The summed E-state index contributed by atoms with van der Waals surface area (Å²) < 4.78 is 38.8. The number of carbonyl (C=O) groups is 1. The van der Waals surface area contributed by atoms with Crippen LogP contribution in [-0.2, 0) is 14.8 Å². The average Bonchev–Trinajstić information content (AvgIpc) is 2.62. The molecule has 1 aromatic rings. The fourth-order valence-electron chi connectivity index (χ4n) is 2.61. The van der Waals surface area contributed by atoms with Gasteiger partial charge in [-0.05, 0) is 24.5 Å². The molecule has 1 aliphatic rings. The summed E-state index contributed by atoms with van der Waals surface area (Å²) in [7, 11) is -3.86. The Balaban J connectivity index is 2.10. The Morgan fingerprint density at radius 1 is 1.15 bits per heavy atom. The highest BCUT2D eigenvalue weighted by atomic mass is 32.2. The van der Waals surface area contributed by atoms with Crippen LogP contribution in [0, 0.1) is 5.92 Å². The van der Waals surface area contributed by atoms with Crippen molar-refractivity contribution in [2.75, 3.05) is 19.8 Å². The molecule has 0 saturated heterocycles. The second-order valence-electron chi connectivity index (χ2n) is 6.65. The van der Waals surface area contributed by atoms with Gasteiger partial charge in [0.05, 0.1) is 4.90 Å². The number of hydrogen-bond donors (Lipinski definition) is 2. The molecule has 0 saturated carbocycles. The summed E-state index contributed by atoms with van der Waals surface area (Å²) in [6.07, 6.45) is 2.96. The monoisotopic (exact) mass is 384 g/mol. The second kappa shape index (κ2) is 9.23. The van der Waals surface area contributed by atoms with Crippen LogP contribution in [0.3, 0.4) is 0 Å². The number of unbranched alkanes of at least 4 members (excludes halogenated alkanes) is 2. The molecule has 0 aromatic heterocycles. The molecule has 0 spiro atoms. The van der Waals surface area contributed by atoms with Gasteiger partial charge < -0.3 is 14.8 Å². The molecule has 1 aromatic carbocycles. The molecule has 7 nitrogen and oxygen atoms in total. The third-order valence-electron chi connectivity index (χ3n) is 4.13. The lowest BCUT2D eigenvalue weighted by molar-refractivity contribution is -0.123. The Morgan fingerprint density at radius 3 is 2.50 bits per heavy atom. The summed E-state index contributed by atoms with van der Waals surface area (Å²) in [4.78, 5) is 12.5. The summed E-state index contributed by atoms with van der Waals surface area (Å²) in [5.41, 5.74) is 0. The van der Waals surface area contributed by atoms with Gasteiger partial charge in [-0.3, -0.25) is 4.79 Å². The van der Waals surface area contributed by atoms with Crippen molar-refractivity contribution in [3.05, 3.63) is 18.2 Å².